The first kappa shape index (κ1) is 16.8. The second kappa shape index (κ2) is 6.02. The first-order chi connectivity index (χ1) is 9.04. The predicted octanol–water partition coefficient (Wildman–Crippen LogP) is 1.42. The van der Waals surface area contributed by atoms with Gasteiger partial charge in [0.25, 0.3) is 0 Å². The third-order valence-corrected chi connectivity index (χ3v) is 4.11. The van der Waals surface area contributed by atoms with E-state index in [1.807, 2.05) is 0 Å². The van der Waals surface area contributed by atoms with Crippen LogP contribution >= 0.6 is 7.14 Å². The van der Waals surface area contributed by atoms with Gasteiger partial charge >= 0.3 is 11.8 Å². The van der Waals surface area contributed by atoms with Crippen LogP contribution in [-0.2, 0) is 14.2 Å². The van der Waals surface area contributed by atoms with Gasteiger partial charge in [0.2, 0.25) is 5.83 Å². The Labute approximate surface area is 118 Å². The van der Waals surface area contributed by atoms with E-state index >= 15 is 0 Å². The van der Waals surface area contributed by atoms with E-state index < -0.39 is 23.4 Å². The molecule has 1 aliphatic heterocycles. The summed E-state index contributed by atoms with van der Waals surface area (Å²) in [6.07, 6.45) is 5.01. The SMILES string of the molecule is C[N+]1(C)C(=O)CN(CC=CCP(C)(C)=O)C=C(F)C1=O. The van der Waals surface area contributed by atoms with Crippen LogP contribution in [0, 0.1) is 0 Å². The largest absolute Gasteiger partial charge is 0.383 e. The van der Waals surface area contributed by atoms with Gasteiger partial charge in [-0.1, -0.05) is 12.2 Å². The molecule has 1 aliphatic rings. The fourth-order valence-electron chi connectivity index (χ4n) is 1.65. The highest BCUT2D eigenvalue weighted by atomic mass is 31.2. The minimum absolute atomic E-state index is 0.0353. The van der Waals surface area contributed by atoms with Gasteiger partial charge in [-0.3, -0.25) is 0 Å². The number of imide groups is 1. The van der Waals surface area contributed by atoms with Crippen LogP contribution < -0.4 is 0 Å². The molecule has 0 aromatic rings. The zero-order valence-corrected chi connectivity index (χ0v) is 13.2. The number of amides is 2. The Hall–Kier alpha value is -1.26. The summed E-state index contributed by atoms with van der Waals surface area (Å²) in [6.45, 7) is 3.63. The van der Waals surface area contributed by atoms with Crippen molar-refractivity contribution in [2.75, 3.05) is 46.7 Å². The Morgan fingerprint density at radius 1 is 1.35 bits per heavy atom. The molecule has 0 aliphatic carbocycles. The zero-order chi connectivity index (χ0) is 15.6. The third-order valence-electron chi connectivity index (χ3n) is 3.02. The van der Waals surface area contributed by atoms with Crippen molar-refractivity contribution < 1.29 is 23.0 Å². The van der Waals surface area contributed by atoms with E-state index in [0.29, 0.717) is 12.7 Å². The first-order valence-electron chi connectivity index (χ1n) is 6.26. The highest BCUT2D eigenvalue weighted by Crippen LogP contribution is 2.35. The smallest absolute Gasteiger partial charge is 0.358 e. The maximum Gasteiger partial charge on any atom is 0.383 e. The molecule has 7 heteroatoms. The van der Waals surface area contributed by atoms with E-state index in [2.05, 4.69) is 0 Å². The number of allylic oxidation sites excluding steroid dienone is 1. The van der Waals surface area contributed by atoms with Crippen molar-refractivity contribution in [3.05, 3.63) is 24.2 Å². The van der Waals surface area contributed by atoms with Crippen LogP contribution in [-0.4, -0.2) is 67.9 Å². The van der Waals surface area contributed by atoms with E-state index in [4.69, 9.17) is 0 Å². The van der Waals surface area contributed by atoms with Crippen molar-refractivity contribution in [3.8, 4) is 0 Å². The van der Waals surface area contributed by atoms with Gasteiger partial charge < -0.3 is 9.46 Å². The molecule has 0 atom stereocenters. The summed E-state index contributed by atoms with van der Waals surface area (Å²) in [4.78, 5) is 25.1. The molecule has 0 aromatic carbocycles. The number of quaternary nitrogens is 1. The summed E-state index contributed by atoms with van der Waals surface area (Å²) in [5, 5.41) is 0. The van der Waals surface area contributed by atoms with E-state index in [-0.39, 0.29) is 12.5 Å². The molecule has 112 valence electrons. The molecule has 0 N–H and O–H groups in total. The average Bonchev–Trinajstić information content (AvgIpc) is 2.37. The lowest BCUT2D eigenvalue weighted by atomic mass is 10.4. The van der Waals surface area contributed by atoms with E-state index in [9.17, 15) is 18.5 Å². The van der Waals surface area contributed by atoms with Crippen LogP contribution in [0.1, 0.15) is 0 Å². The molecular formula is C13H21FN2O3P+. The molecule has 0 saturated carbocycles. The molecule has 0 fully saturated rings. The fourth-order valence-corrected chi connectivity index (χ4v) is 2.30. The van der Waals surface area contributed by atoms with Crippen LogP contribution in [0.4, 0.5) is 4.39 Å². The molecule has 0 unspecified atom stereocenters. The number of carbonyl (C=O) groups excluding carboxylic acids is 2. The van der Waals surface area contributed by atoms with Crippen LogP contribution in [0.3, 0.4) is 0 Å². The quantitative estimate of drug-likeness (QED) is 0.341. The second-order valence-electron chi connectivity index (χ2n) is 5.79. The lowest BCUT2D eigenvalue weighted by Crippen LogP contribution is -2.52. The Kier molecular flexibility index (Phi) is 5.05. The molecule has 2 amide bonds. The summed E-state index contributed by atoms with van der Waals surface area (Å²) >= 11 is 0. The van der Waals surface area contributed by atoms with Gasteiger partial charge in [0, 0.05) is 18.9 Å². The van der Waals surface area contributed by atoms with Gasteiger partial charge in [0.15, 0.2) is 0 Å². The average molecular weight is 303 g/mol. The second-order valence-corrected chi connectivity index (χ2v) is 9.30. The molecule has 5 nitrogen and oxygen atoms in total. The number of likely N-dealkylation sites (N-methyl/N-ethyl adjacent to an activating group) is 1. The van der Waals surface area contributed by atoms with Crippen molar-refractivity contribution in [1.82, 2.24) is 4.90 Å². The van der Waals surface area contributed by atoms with Crippen LogP contribution in [0.25, 0.3) is 0 Å². The molecule has 0 radical (unpaired) electrons. The number of hydrogen-bond acceptors (Lipinski definition) is 4. The number of rotatable bonds is 4. The number of halogens is 1. The third kappa shape index (κ3) is 4.39. The first-order valence-corrected chi connectivity index (χ1v) is 9.05. The molecule has 0 aromatic heterocycles. The van der Waals surface area contributed by atoms with Crippen LogP contribution in [0.15, 0.2) is 24.2 Å². The Morgan fingerprint density at radius 3 is 2.50 bits per heavy atom. The highest BCUT2D eigenvalue weighted by Gasteiger charge is 2.41. The molecule has 1 heterocycles. The summed E-state index contributed by atoms with van der Waals surface area (Å²) in [5.41, 5.74) is 0. The highest BCUT2D eigenvalue weighted by molar-refractivity contribution is 7.62. The van der Waals surface area contributed by atoms with Crippen molar-refractivity contribution in [2.24, 2.45) is 0 Å². The van der Waals surface area contributed by atoms with Crippen LogP contribution in [0.2, 0.25) is 0 Å². The van der Waals surface area contributed by atoms with Gasteiger partial charge in [0.05, 0.1) is 21.2 Å². The van der Waals surface area contributed by atoms with Gasteiger partial charge in [-0.05, 0) is 13.3 Å². The Bertz CT molecular complexity index is 520. The predicted molar refractivity (Wildman–Crippen MR) is 76.3 cm³/mol. The minimum atomic E-state index is -2.12. The summed E-state index contributed by atoms with van der Waals surface area (Å²) in [6, 6.07) is 0. The van der Waals surface area contributed by atoms with E-state index in [1.165, 1.54) is 19.0 Å². The minimum Gasteiger partial charge on any atom is -0.358 e. The molecule has 0 bridgehead atoms. The van der Waals surface area contributed by atoms with Gasteiger partial charge in [0.1, 0.15) is 6.54 Å². The monoisotopic (exact) mass is 303 g/mol. The molecule has 0 spiro atoms. The zero-order valence-electron chi connectivity index (χ0n) is 12.3. The molecular weight excluding hydrogens is 282 g/mol. The van der Waals surface area contributed by atoms with Crippen LogP contribution in [0.5, 0.6) is 0 Å². The van der Waals surface area contributed by atoms with Gasteiger partial charge in [-0.15, -0.1) is 0 Å². The summed E-state index contributed by atoms with van der Waals surface area (Å²) in [5.74, 6) is -2.14. The molecule has 0 saturated heterocycles. The fraction of sp³-hybridized carbons (Fsp3) is 0.538. The van der Waals surface area contributed by atoms with Crippen molar-refractivity contribution >= 4 is 19.0 Å². The topological polar surface area (TPSA) is 54.5 Å². The van der Waals surface area contributed by atoms with Crippen molar-refractivity contribution in [3.63, 3.8) is 0 Å². The Morgan fingerprint density at radius 2 is 1.95 bits per heavy atom. The molecule has 1 rings (SSSR count). The maximum atomic E-state index is 13.7. The summed E-state index contributed by atoms with van der Waals surface area (Å²) < 4.78 is 24.6. The van der Waals surface area contributed by atoms with Gasteiger partial charge in [-0.2, -0.15) is 8.87 Å². The lowest BCUT2D eigenvalue weighted by molar-refractivity contribution is -0.733. The van der Waals surface area contributed by atoms with Crippen molar-refractivity contribution in [1.29, 1.82) is 0 Å². The number of hydrogen-bond donors (Lipinski definition) is 0. The van der Waals surface area contributed by atoms with E-state index in [0.717, 1.165) is 6.20 Å². The number of nitrogens with zero attached hydrogens (tertiary/aromatic N) is 2. The lowest BCUT2D eigenvalue weighted by Gasteiger charge is -2.22. The van der Waals surface area contributed by atoms with E-state index in [1.54, 1.807) is 25.5 Å². The summed E-state index contributed by atoms with van der Waals surface area (Å²) in [7, 11) is 0.636. The molecule has 20 heavy (non-hydrogen) atoms. The standard InChI is InChI=1S/C13H21FN2O3P/c1-16(2)12(17)10-15(9-11(14)13(16)18)7-5-6-8-20(3,4)19/h5-6,9H,7-8,10H2,1-4H3/q+1. The van der Waals surface area contributed by atoms with Crippen molar-refractivity contribution in [2.45, 2.75) is 0 Å². The van der Waals surface area contributed by atoms with Gasteiger partial charge in [-0.25, -0.2) is 9.59 Å². The maximum absolute atomic E-state index is 13.7. The normalized spacial score (nSPS) is 20.2. The number of carbonyl (C=O) groups is 2. The Balaban J connectivity index is 2.76.